The lowest BCUT2D eigenvalue weighted by Gasteiger charge is -2.07. The third-order valence-corrected chi connectivity index (χ3v) is 4.23. The van der Waals surface area contributed by atoms with Gasteiger partial charge in [0.05, 0.1) is 33.0 Å². The Balaban J connectivity index is 3.33. The van der Waals surface area contributed by atoms with Crippen LogP contribution in [0.3, 0.4) is 0 Å². The zero-order valence-corrected chi connectivity index (χ0v) is 9.90. The number of sulfone groups is 1. The van der Waals surface area contributed by atoms with Crippen LogP contribution in [0.15, 0.2) is 17.0 Å². The van der Waals surface area contributed by atoms with E-state index in [1.54, 1.807) is 0 Å². The highest BCUT2D eigenvalue weighted by Gasteiger charge is 2.19. The Hall–Kier alpha value is -0.490. The fourth-order valence-electron chi connectivity index (χ4n) is 1.01. The number of nitrogens with two attached hydrogens (primary N) is 1. The van der Waals surface area contributed by atoms with E-state index in [9.17, 15) is 8.42 Å². The van der Waals surface area contributed by atoms with Crippen LogP contribution in [0, 0.1) is 0 Å². The van der Waals surface area contributed by atoms with Crippen LogP contribution in [0.4, 0.5) is 5.69 Å². The zero-order valence-electron chi connectivity index (χ0n) is 7.57. The number of aliphatic hydroxyl groups is 1. The Morgan fingerprint density at radius 1 is 1.27 bits per heavy atom. The molecule has 0 amide bonds. The van der Waals surface area contributed by atoms with Crippen LogP contribution in [-0.4, -0.2) is 25.9 Å². The number of benzene rings is 1. The number of anilines is 1. The Morgan fingerprint density at radius 3 is 2.40 bits per heavy atom. The first-order valence-corrected chi connectivity index (χ1v) is 6.37. The van der Waals surface area contributed by atoms with Crippen LogP contribution in [0.1, 0.15) is 0 Å². The molecule has 84 valence electrons. The van der Waals surface area contributed by atoms with Crippen LogP contribution in [0.2, 0.25) is 10.0 Å². The van der Waals surface area contributed by atoms with Gasteiger partial charge in [0.25, 0.3) is 0 Å². The van der Waals surface area contributed by atoms with Gasteiger partial charge in [0.15, 0.2) is 9.84 Å². The van der Waals surface area contributed by atoms with Crippen molar-refractivity contribution in [2.24, 2.45) is 0 Å². The predicted molar refractivity (Wildman–Crippen MR) is 60.0 cm³/mol. The fourth-order valence-corrected chi connectivity index (χ4v) is 2.88. The van der Waals surface area contributed by atoms with Gasteiger partial charge in [-0.15, -0.1) is 0 Å². The Kier molecular flexibility index (Phi) is 3.83. The molecule has 0 aliphatic heterocycles. The van der Waals surface area contributed by atoms with E-state index in [4.69, 9.17) is 34.0 Å². The number of aliphatic hydroxyl groups excluding tert-OH is 1. The number of hydrogen-bond donors (Lipinski definition) is 2. The summed E-state index contributed by atoms with van der Waals surface area (Å²) in [7, 11) is -3.60. The van der Waals surface area contributed by atoms with Crippen molar-refractivity contribution >= 4 is 38.7 Å². The molecule has 0 aliphatic carbocycles. The summed E-state index contributed by atoms with van der Waals surface area (Å²) in [5, 5.41) is 8.72. The fraction of sp³-hybridized carbons (Fsp3) is 0.250. The molecule has 1 aromatic rings. The predicted octanol–water partition coefficient (Wildman–Crippen LogP) is 1.34. The van der Waals surface area contributed by atoms with Crippen LogP contribution < -0.4 is 5.73 Å². The van der Waals surface area contributed by atoms with E-state index >= 15 is 0 Å². The van der Waals surface area contributed by atoms with Gasteiger partial charge in [0, 0.05) is 0 Å². The molecule has 4 nitrogen and oxygen atoms in total. The topological polar surface area (TPSA) is 80.4 Å². The van der Waals surface area contributed by atoms with Crippen molar-refractivity contribution in [3.8, 4) is 0 Å². The molecule has 0 unspecified atom stereocenters. The second-order valence-corrected chi connectivity index (χ2v) is 5.74. The molecule has 0 radical (unpaired) electrons. The van der Waals surface area contributed by atoms with Crippen LogP contribution in [-0.2, 0) is 9.84 Å². The summed E-state index contributed by atoms with van der Waals surface area (Å²) in [6.07, 6.45) is 0. The maximum absolute atomic E-state index is 11.6. The number of nitrogen functional groups attached to an aromatic ring is 1. The van der Waals surface area contributed by atoms with Gasteiger partial charge in [0.2, 0.25) is 0 Å². The first kappa shape index (κ1) is 12.6. The molecule has 0 aromatic heterocycles. The monoisotopic (exact) mass is 269 g/mol. The quantitative estimate of drug-likeness (QED) is 0.812. The molecular weight excluding hydrogens is 261 g/mol. The SMILES string of the molecule is Nc1cc(Cl)c(S(=O)(=O)CCO)cc1Cl. The molecular formula is C8H9Cl2NO3S. The zero-order chi connectivity index (χ0) is 11.6. The standard InChI is InChI=1S/C8H9Cl2NO3S/c9-5-4-8(6(10)3-7(5)11)15(13,14)2-1-12/h3-4,12H,1-2,11H2. The molecule has 3 N–H and O–H groups in total. The minimum Gasteiger partial charge on any atom is -0.397 e. The van der Waals surface area contributed by atoms with E-state index in [-0.39, 0.29) is 20.6 Å². The molecule has 1 rings (SSSR count). The van der Waals surface area contributed by atoms with Gasteiger partial charge in [-0.2, -0.15) is 0 Å². The summed E-state index contributed by atoms with van der Waals surface area (Å²) in [4.78, 5) is -0.114. The lowest BCUT2D eigenvalue weighted by atomic mass is 10.3. The van der Waals surface area contributed by atoms with Gasteiger partial charge in [-0.3, -0.25) is 0 Å². The molecule has 0 spiro atoms. The Bertz CT molecular complexity index is 473. The summed E-state index contributed by atoms with van der Waals surface area (Å²) in [5.41, 5.74) is 5.66. The average Bonchev–Trinajstić information content (AvgIpc) is 2.11. The van der Waals surface area contributed by atoms with E-state index in [0.717, 1.165) is 0 Å². The number of halogens is 2. The second-order valence-electron chi connectivity index (χ2n) is 2.85. The minimum absolute atomic E-state index is 0.00495. The van der Waals surface area contributed by atoms with Crippen molar-refractivity contribution in [3.63, 3.8) is 0 Å². The minimum atomic E-state index is -3.60. The molecule has 7 heteroatoms. The molecule has 0 bridgehead atoms. The molecule has 0 fully saturated rings. The first-order chi connectivity index (χ1) is 6.88. The van der Waals surface area contributed by atoms with E-state index in [2.05, 4.69) is 0 Å². The van der Waals surface area contributed by atoms with Crippen molar-refractivity contribution in [1.82, 2.24) is 0 Å². The maximum Gasteiger partial charge on any atom is 0.182 e. The highest BCUT2D eigenvalue weighted by Crippen LogP contribution is 2.30. The van der Waals surface area contributed by atoms with Crippen molar-refractivity contribution in [3.05, 3.63) is 22.2 Å². The molecule has 0 heterocycles. The van der Waals surface area contributed by atoms with Gasteiger partial charge in [-0.25, -0.2) is 8.42 Å². The molecule has 0 atom stereocenters. The summed E-state index contributed by atoms with van der Waals surface area (Å²) in [6, 6.07) is 2.46. The number of rotatable bonds is 3. The van der Waals surface area contributed by atoms with E-state index in [1.165, 1.54) is 12.1 Å². The molecule has 1 aromatic carbocycles. The van der Waals surface area contributed by atoms with Crippen molar-refractivity contribution < 1.29 is 13.5 Å². The normalized spacial score (nSPS) is 11.7. The maximum atomic E-state index is 11.6. The van der Waals surface area contributed by atoms with Crippen LogP contribution in [0.5, 0.6) is 0 Å². The highest BCUT2D eigenvalue weighted by atomic mass is 35.5. The summed E-state index contributed by atoms with van der Waals surface area (Å²) < 4.78 is 23.1. The summed E-state index contributed by atoms with van der Waals surface area (Å²) >= 11 is 11.4. The van der Waals surface area contributed by atoms with Gasteiger partial charge in [-0.05, 0) is 12.1 Å². The lowest BCUT2D eigenvalue weighted by molar-refractivity contribution is 0.319. The molecule has 0 aliphatic rings. The van der Waals surface area contributed by atoms with E-state index in [1.807, 2.05) is 0 Å². The van der Waals surface area contributed by atoms with Crippen molar-refractivity contribution in [2.75, 3.05) is 18.1 Å². The van der Waals surface area contributed by atoms with Crippen LogP contribution >= 0.6 is 23.2 Å². The van der Waals surface area contributed by atoms with Crippen molar-refractivity contribution in [2.45, 2.75) is 4.90 Å². The van der Waals surface area contributed by atoms with Gasteiger partial charge in [0.1, 0.15) is 0 Å². The molecule has 15 heavy (non-hydrogen) atoms. The van der Waals surface area contributed by atoms with Crippen molar-refractivity contribution in [1.29, 1.82) is 0 Å². The Labute approximate surface area is 97.5 Å². The van der Waals surface area contributed by atoms with E-state index in [0.29, 0.717) is 0 Å². The van der Waals surface area contributed by atoms with Crippen LogP contribution in [0.25, 0.3) is 0 Å². The Morgan fingerprint density at radius 2 is 1.87 bits per heavy atom. The smallest absolute Gasteiger partial charge is 0.182 e. The van der Waals surface area contributed by atoms with Gasteiger partial charge >= 0.3 is 0 Å². The number of hydrogen-bond acceptors (Lipinski definition) is 4. The third kappa shape index (κ3) is 2.75. The lowest BCUT2D eigenvalue weighted by Crippen LogP contribution is -2.10. The van der Waals surface area contributed by atoms with Gasteiger partial charge < -0.3 is 10.8 Å². The van der Waals surface area contributed by atoms with Gasteiger partial charge in [-0.1, -0.05) is 23.2 Å². The third-order valence-electron chi connectivity index (χ3n) is 1.75. The average molecular weight is 270 g/mol. The molecule has 0 saturated heterocycles. The summed E-state index contributed by atoms with van der Waals surface area (Å²) in [5.74, 6) is -0.396. The second kappa shape index (κ2) is 4.57. The summed E-state index contributed by atoms with van der Waals surface area (Å²) in [6.45, 7) is -0.472. The highest BCUT2D eigenvalue weighted by molar-refractivity contribution is 7.91. The molecule has 0 saturated carbocycles. The van der Waals surface area contributed by atoms with E-state index < -0.39 is 22.2 Å². The first-order valence-electron chi connectivity index (χ1n) is 3.96. The largest absolute Gasteiger partial charge is 0.397 e.